The van der Waals surface area contributed by atoms with Crippen molar-refractivity contribution in [3.05, 3.63) is 41.2 Å². The lowest BCUT2D eigenvalue weighted by Crippen LogP contribution is -2.26. The summed E-state index contributed by atoms with van der Waals surface area (Å²) in [5.74, 6) is 1.13. The second kappa shape index (κ2) is 6.30. The molecular formula is C15H19N3O3. The number of amides is 1. The largest absolute Gasteiger partial charge is 0.493 e. The Bertz CT molecular complexity index is 637. The van der Waals surface area contributed by atoms with Crippen LogP contribution in [0.3, 0.4) is 0 Å². The Morgan fingerprint density at radius 2 is 2.00 bits per heavy atom. The summed E-state index contributed by atoms with van der Waals surface area (Å²) in [6, 6.07) is 5.41. The van der Waals surface area contributed by atoms with Crippen LogP contribution >= 0.6 is 0 Å². The van der Waals surface area contributed by atoms with Gasteiger partial charge in [-0.1, -0.05) is 6.07 Å². The van der Waals surface area contributed by atoms with Gasteiger partial charge in [-0.15, -0.1) is 0 Å². The minimum atomic E-state index is -0.163. The number of hydrogen-bond donors (Lipinski definition) is 2. The van der Waals surface area contributed by atoms with Crippen LogP contribution in [0.15, 0.2) is 24.4 Å². The van der Waals surface area contributed by atoms with Crippen molar-refractivity contribution in [2.45, 2.75) is 19.9 Å². The molecule has 0 fully saturated rings. The number of carbonyl (C=O) groups excluding carboxylic acids is 1. The Morgan fingerprint density at radius 3 is 2.57 bits per heavy atom. The van der Waals surface area contributed by atoms with Crippen LogP contribution in [-0.4, -0.2) is 30.3 Å². The van der Waals surface area contributed by atoms with E-state index in [0.29, 0.717) is 17.1 Å². The summed E-state index contributed by atoms with van der Waals surface area (Å²) in [6.45, 7) is 3.72. The van der Waals surface area contributed by atoms with Crippen molar-refractivity contribution in [3.8, 4) is 11.5 Å². The number of benzene rings is 1. The Hall–Kier alpha value is -2.50. The lowest BCUT2D eigenvalue weighted by atomic mass is 10.1. The Kier molecular flexibility index (Phi) is 4.47. The molecule has 0 aliphatic rings. The van der Waals surface area contributed by atoms with Crippen molar-refractivity contribution in [2.75, 3.05) is 14.2 Å². The number of methoxy groups -OCH3 is 2. The zero-order chi connectivity index (χ0) is 15.4. The van der Waals surface area contributed by atoms with Gasteiger partial charge in [0, 0.05) is 5.69 Å². The third-order valence-electron chi connectivity index (χ3n) is 3.33. The fraction of sp³-hybridized carbons (Fsp3) is 0.333. The molecule has 0 saturated carbocycles. The maximum absolute atomic E-state index is 12.2. The van der Waals surface area contributed by atoms with Gasteiger partial charge in [0.05, 0.1) is 32.0 Å². The van der Waals surface area contributed by atoms with Crippen molar-refractivity contribution < 1.29 is 14.3 Å². The summed E-state index contributed by atoms with van der Waals surface area (Å²) in [4.78, 5) is 12.2. The maximum Gasteiger partial charge on any atom is 0.255 e. The molecular weight excluding hydrogens is 270 g/mol. The molecule has 1 heterocycles. The number of aryl methyl sites for hydroxylation is 1. The molecule has 1 aromatic heterocycles. The molecule has 0 saturated heterocycles. The Morgan fingerprint density at radius 1 is 1.29 bits per heavy atom. The SMILES string of the molecule is COc1ccc(C(C)NC(=O)c2cn[nH]c2C)cc1OC. The van der Waals surface area contributed by atoms with Crippen molar-refractivity contribution >= 4 is 5.91 Å². The molecule has 0 aliphatic heterocycles. The summed E-state index contributed by atoms with van der Waals surface area (Å²) in [5, 5.41) is 9.53. The van der Waals surface area contributed by atoms with E-state index < -0.39 is 0 Å². The number of hydrogen-bond acceptors (Lipinski definition) is 4. The number of aromatic amines is 1. The van der Waals surface area contributed by atoms with E-state index >= 15 is 0 Å². The average Bonchev–Trinajstić information content (AvgIpc) is 2.92. The first-order chi connectivity index (χ1) is 10.1. The van der Waals surface area contributed by atoms with E-state index in [2.05, 4.69) is 15.5 Å². The van der Waals surface area contributed by atoms with Gasteiger partial charge in [0.2, 0.25) is 0 Å². The molecule has 2 aromatic rings. The third kappa shape index (κ3) is 3.16. The van der Waals surface area contributed by atoms with Gasteiger partial charge in [-0.2, -0.15) is 5.10 Å². The number of carbonyl (C=O) groups is 1. The first kappa shape index (κ1) is 14.9. The summed E-state index contributed by atoms with van der Waals surface area (Å²) < 4.78 is 10.5. The molecule has 0 spiro atoms. The predicted octanol–water partition coefficient (Wildman–Crippen LogP) is 2.23. The zero-order valence-electron chi connectivity index (χ0n) is 12.6. The lowest BCUT2D eigenvalue weighted by molar-refractivity contribution is 0.0939. The molecule has 21 heavy (non-hydrogen) atoms. The molecule has 0 bridgehead atoms. The molecule has 1 aromatic carbocycles. The number of H-pyrrole nitrogens is 1. The maximum atomic E-state index is 12.2. The molecule has 1 amide bonds. The number of nitrogens with one attached hydrogen (secondary N) is 2. The van der Waals surface area contributed by atoms with Crippen molar-refractivity contribution in [3.63, 3.8) is 0 Å². The highest BCUT2D eigenvalue weighted by atomic mass is 16.5. The predicted molar refractivity (Wildman–Crippen MR) is 78.8 cm³/mol. The standard InChI is InChI=1S/C15H19N3O3/c1-9(17-15(19)12-8-16-18-10(12)2)11-5-6-13(20-3)14(7-11)21-4/h5-9H,1-4H3,(H,16,18)(H,17,19). The van der Waals surface area contributed by atoms with Gasteiger partial charge in [0.25, 0.3) is 5.91 Å². The van der Waals surface area contributed by atoms with Crippen molar-refractivity contribution in [2.24, 2.45) is 0 Å². The van der Waals surface area contributed by atoms with Crippen LogP contribution in [0.2, 0.25) is 0 Å². The van der Waals surface area contributed by atoms with Gasteiger partial charge in [0.1, 0.15) is 0 Å². The van der Waals surface area contributed by atoms with Gasteiger partial charge in [-0.05, 0) is 31.5 Å². The third-order valence-corrected chi connectivity index (χ3v) is 3.33. The van der Waals surface area contributed by atoms with Crippen LogP contribution < -0.4 is 14.8 Å². The highest BCUT2D eigenvalue weighted by molar-refractivity contribution is 5.95. The fourth-order valence-electron chi connectivity index (χ4n) is 2.06. The molecule has 2 N–H and O–H groups in total. The zero-order valence-corrected chi connectivity index (χ0v) is 12.6. The molecule has 112 valence electrons. The van der Waals surface area contributed by atoms with Gasteiger partial charge in [0.15, 0.2) is 11.5 Å². The van der Waals surface area contributed by atoms with Gasteiger partial charge in [-0.25, -0.2) is 0 Å². The summed E-state index contributed by atoms with van der Waals surface area (Å²) in [5.41, 5.74) is 2.22. The van der Waals surface area contributed by atoms with Crippen LogP contribution in [0.4, 0.5) is 0 Å². The Balaban J connectivity index is 2.15. The van der Waals surface area contributed by atoms with Crippen LogP contribution in [0.5, 0.6) is 11.5 Å². The fourth-order valence-corrected chi connectivity index (χ4v) is 2.06. The van der Waals surface area contributed by atoms with E-state index in [1.165, 1.54) is 6.20 Å². The number of aromatic nitrogens is 2. The van der Waals surface area contributed by atoms with E-state index in [0.717, 1.165) is 11.3 Å². The smallest absolute Gasteiger partial charge is 0.255 e. The number of ether oxygens (including phenoxy) is 2. The van der Waals surface area contributed by atoms with Gasteiger partial charge >= 0.3 is 0 Å². The molecule has 6 heteroatoms. The number of rotatable bonds is 5. The van der Waals surface area contributed by atoms with E-state index in [1.807, 2.05) is 32.0 Å². The van der Waals surface area contributed by atoms with Crippen LogP contribution in [0.25, 0.3) is 0 Å². The second-order valence-electron chi connectivity index (χ2n) is 4.72. The van der Waals surface area contributed by atoms with Crippen LogP contribution in [0.1, 0.15) is 34.6 Å². The first-order valence-electron chi connectivity index (χ1n) is 6.59. The lowest BCUT2D eigenvalue weighted by Gasteiger charge is -2.16. The second-order valence-corrected chi connectivity index (χ2v) is 4.72. The first-order valence-corrected chi connectivity index (χ1v) is 6.59. The molecule has 6 nitrogen and oxygen atoms in total. The highest BCUT2D eigenvalue weighted by Crippen LogP contribution is 2.29. The topological polar surface area (TPSA) is 76.2 Å². The molecule has 1 unspecified atom stereocenters. The molecule has 1 atom stereocenters. The van der Waals surface area contributed by atoms with E-state index in [1.54, 1.807) is 14.2 Å². The quantitative estimate of drug-likeness (QED) is 0.885. The van der Waals surface area contributed by atoms with E-state index in [-0.39, 0.29) is 11.9 Å². The summed E-state index contributed by atoms with van der Waals surface area (Å²) >= 11 is 0. The summed E-state index contributed by atoms with van der Waals surface area (Å²) in [7, 11) is 3.17. The minimum absolute atomic E-state index is 0.161. The monoisotopic (exact) mass is 289 g/mol. The van der Waals surface area contributed by atoms with Crippen LogP contribution in [-0.2, 0) is 0 Å². The number of nitrogens with zero attached hydrogens (tertiary/aromatic N) is 1. The normalized spacial score (nSPS) is 11.8. The van der Waals surface area contributed by atoms with E-state index in [4.69, 9.17) is 9.47 Å². The van der Waals surface area contributed by atoms with Crippen molar-refractivity contribution in [1.82, 2.24) is 15.5 Å². The Labute approximate surface area is 123 Å². The molecule has 0 aliphatic carbocycles. The summed E-state index contributed by atoms with van der Waals surface area (Å²) in [6.07, 6.45) is 1.52. The minimum Gasteiger partial charge on any atom is -0.493 e. The molecule has 0 radical (unpaired) electrons. The molecule has 2 rings (SSSR count). The van der Waals surface area contributed by atoms with Crippen LogP contribution in [0, 0.1) is 6.92 Å². The average molecular weight is 289 g/mol. The van der Waals surface area contributed by atoms with Gasteiger partial charge in [-0.3, -0.25) is 9.89 Å². The van der Waals surface area contributed by atoms with E-state index in [9.17, 15) is 4.79 Å². The van der Waals surface area contributed by atoms with Crippen molar-refractivity contribution in [1.29, 1.82) is 0 Å². The highest BCUT2D eigenvalue weighted by Gasteiger charge is 2.16. The van der Waals surface area contributed by atoms with Gasteiger partial charge < -0.3 is 14.8 Å².